The van der Waals surface area contributed by atoms with Crippen LogP contribution in [0.25, 0.3) is 10.2 Å². The largest absolute Gasteiger partial charge is 0.353 e. The van der Waals surface area contributed by atoms with Gasteiger partial charge in [-0.25, -0.2) is 9.37 Å². The average molecular weight is 497 g/mol. The van der Waals surface area contributed by atoms with E-state index in [1.165, 1.54) is 34.2 Å². The van der Waals surface area contributed by atoms with E-state index >= 15 is 0 Å². The molecule has 0 unspecified atom stereocenters. The first-order chi connectivity index (χ1) is 16.4. The third kappa shape index (κ3) is 4.31. The van der Waals surface area contributed by atoms with Gasteiger partial charge in [-0.2, -0.15) is 0 Å². The Morgan fingerprint density at radius 2 is 1.91 bits per heavy atom. The molecular weight excluding hydrogens is 475 g/mol. The molecule has 1 aliphatic rings. The van der Waals surface area contributed by atoms with Gasteiger partial charge in [0.25, 0.3) is 11.5 Å². The fourth-order valence-corrected chi connectivity index (χ4v) is 5.38. The molecule has 1 N–H and O–H groups in total. The lowest BCUT2D eigenvalue weighted by atomic mass is 9.89. The number of piperidine rings is 1. The standard InChI is InChI=1S/C25H22ClFN4O2S/c1-30-13-19(24(32)31-10-8-16(9-11-31)15-2-4-17(27)5-3-15)23(22(26)25(30)33)29-18-6-7-20-21(12-18)34-14-28-20/h2-7,12-14,16,29H,8-11H2,1H3. The molecule has 34 heavy (non-hydrogen) atoms. The lowest BCUT2D eigenvalue weighted by Crippen LogP contribution is -2.39. The summed E-state index contributed by atoms with van der Waals surface area (Å²) in [6, 6.07) is 12.2. The Bertz CT molecular complexity index is 1430. The number of rotatable bonds is 4. The highest BCUT2D eigenvalue weighted by Crippen LogP contribution is 2.33. The number of nitrogens with one attached hydrogen (secondary N) is 1. The van der Waals surface area contributed by atoms with Gasteiger partial charge in [-0.05, 0) is 54.7 Å². The summed E-state index contributed by atoms with van der Waals surface area (Å²) in [6.07, 6.45) is 3.10. The number of aryl methyl sites for hydroxylation is 1. The van der Waals surface area contributed by atoms with E-state index in [4.69, 9.17) is 11.6 Å². The van der Waals surface area contributed by atoms with Crippen molar-refractivity contribution >= 4 is 50.4 Å². The maximum absolute atomic E-state index is 13.5. The van der Waals surface area contributed by atoms with Crippen LogP contribution in [0.5, 0.6) is 0 Å². The predicted molar refractivity (Wildman–Crippen MR) is 134 cm³/mol. The highest BCUT2D eigenvalue weighted by molar-refractivity contribution is 7.16. The van der Waals surface area contributed by atoms with Gasteiger partial charge in [0.15, 0.2) is 0 Å². The molecule has 2 aromatic heterocycles. The van der Waals surface area contributed by atoms with Crippen LogP contribution in [0.2, 0.25) is 5.02 Å². The maximum Gasteiger partial charge on any atom is 0.271 e. The number of aromatic nitrogens is 2. The molecule has 1 amide bonds. The molecule has 6 nitrogen and oxygen atoms in total. The lowest BCUT2D eigenvalue weighted by Gasteiger charge is -2.33. The smallest absolute Gasteiger partial charge is 0.271 e. The Kier molecular flexibility index (Phi) is 6.10. The van der Waals surface area contributed by atoms with Crippen LogP contribution in [0, 0.1) is 5.82 Å². The molecule has 0 aliphatic carbocycles. The van der Waals surface area contributed by atoms with Crippen LogP contribution in [-0.4, -0.2) is 33.4 Å². The molecule has 0 radical (unpaired) electrons. The van der Waals surface area contributed by atoms with Gasteiger partial charge >= 0.3 is 0 Å². The molecule has 0 atom stereocenters. The number of fused-ring (bicyclic) bond motifs is 1. The first-order valence-corrected chi connectivity index (χ1v) is 12.2. The number of halogens is 2. The zero-order chi connectivity index (χ0) is 23.8. The van der Waals surface area contributed by atoms with E-state index in [1.54, 1.807) is 17.5 Å². The van der Waals surface area contributed by atoms with Gasteiger partial charge in [0.2, 0.25) is 0 Å². The minimum absolute atomic E-state index is 0.0288. The Morgan fingerprint density at radius 1 is 1.18 bits per heavy atom. The van der Waals surface area contributed by atoms with Crippen LogP contribution in [0.1, 0.15) is 34.7 Å². The molecule has 1 saturated heterocycles. The lowest BCUT2D eigenvalue weighted by molar-refractivity contribution is 0.0713. The van der Waals surface area contributed by atoms with E-state index in [2.05, 4.69) is 10.3 Å². The second-order valence-electron chi connectivity index (χ2n) is 8.43. The third-order valence-corrected chi connectivity index (χ3v) is 7.42. The Labute approximate surface area is 204 Å². The minimum Gasteiger partial charge on any atom is -0.353 e. The summed E-state index contributed by atoms with van der Waals surface area (Å²) < 4.78 is 15.6. The predicted octanol–water partition coefficient (Wildman–Crippen LogP) is 5.55. The fraction of sp³-hybridized carbons (Fsp3) is 0.240. The van der Waals surface area contributed by atoms with Crippen molar-refractivity contribution in [1.82, 2.24) is 14.5 Å². The average Bonchev–Trinajstić information content (AvgIpc) is 3.32. The number of carbonyl (C=O) groups is 1. The zero-order valence-electron chi connectivity index (χ0n) is 18.4. The highest BCUT2D eigenvalue weighted by atomic mass is 35.5. The Hall–Kier alpha value is -3.23. The van der Waals surface area contributed by atoms with Crippen LogP contribution in [0.15, 0.2) is 59.0 Å². The number of likely N-dealkylation sites (tertiary alicyclic amines) is 1. The van der Waals surface area contributed by atoms with Gasteiger partial charge in [-0.15, -0.1) is 11.3 Å². The summed E-state index contributed by atoms with van der Waals surface area (Å²) in [5.41, 5.74) is 4.72. The van der Waals surface area contributed by atoms with Crippen LogP contribution in [0.3, 0.4) is 0 Å². The van der Waals surface area contributed by atoms with Gasteiger partial charge < -0.3 is 14.8 Å². The van der Waals surface area contributed by atoms with Gasteiger partial charge in [0, 0.05) is 32.0 Å². The molecular formula is C25H22ClFN4O2S. The molecule has 174 valence electrons. The van der Waals surface area contributed by atoms with Crippen molar-refractivity contribution in [3.63, 3.8) is 0 Å². The number of hydrogen-bond donors (Lipinski definition) is 1. The van der Waals surface area contributed by atoms with E-state index in [0.29, 0.717) is 24.3 Å². The molecule has 5 rings (SSSR count). The second kappa shape index (κ2) is 9.19. The molecule has 4 aromatic rings. The highest BCUT2D eigenvalue weighted by Gasteiger charge is 2.28. The molecule has 3 heterocycles. The molecule has 0 spiro atoms. The molecule has 9 heteroatoms. The summed E-state index contributed by atoms with van der Waals surface area (Å²) in [4.78, 5) is 32.2. The minimum atomic E-state index is -0.380. The van der Waals surface area contributed by atoms with Gasteiger partial charge in [-0.3, -0.25) is 9.59 Å². The number of pyridine rings is 1. The Balaban J connectivity index is 1.40. The van der Waals surface area contributed by atoms with Crippen molar-refractivity contribution in [2.45, 2.75) is 18.8 Å². The summed E-state index contributed by atoms with van der Waals surface area (Å²) in [5, 5.41) is 3.17. The number of thiazole rings is 1. The number of carbonyl (C=O) groups excluding carboxylic acids is 1. The molecule has 1 aliphatic heterocycles. The van der Waals surface area contributed by atoms with Crippen molar-refractivity contribution in [2.24, 2.45) is 7.05 Å². The number of amides is 1. The summed E-state index contributed by atoms with van der Waals surface area (Å²) in [6.45, 7) is 1.13. The number of anilines is 2. The first-order valence-electron chi connectivity index (χ1n) is 10.9. The molecule has 0 saturated carbocycles. The van der Waals surface area contributed by atoms with Gasteiger partial charge in [0.05, 0.1) is 27.0 Å². The Morgan fingerprint density at radius 3 is 2.65 bits per heavy atom. The topological polar surface area (TPSA) is 67.2 Å². The quantitative estimate of drug-likeness (QED) is 0.402. The van der Waals surface area contributed by atoms with E-state index in [1.807, 2.05) is 30.3 Å². The van der Waals surface area contributed by atoms with Crippen molar-refractivity contribution in [2.75, 3.05) is 18.4 Å². The fourth-order valence-electron chi connectivity index (χ4n) is 4.38. The molecule has 1 fully saturated rings. The molecule has 0 bridgehead atoms. The zero-order valence-corrected chi connectivity index (χ0v) is 20.0. The maximum atomic E-state index is 13.5. The third-order valence-electron chi connectivity index (χ3n) is 6.27. The van der Waals surface area contributed by atoms with E-state index in [0.717, 1.165) is 34.3 Å². The number of hydrogen-bond acceptors (Lipinski definition) is 5. The van der Waals surface area contributed by atoms with E-state index in [-0.39, 0.29) is 28.2 Å². The van der Waals surface area contributed by atoms with E-state index < -0.39 is 0 Å². The van der Waals surface area contributed by atoms with Gasteiger partial charge in [0.1, 0.15) is 10.8 Å². The van der Waals surface area contributed by atoms with E-state index in [9.17, 15) is 14.0 Å². The van der Waals surface area contributed by atoms with Gasteiger partial charge in [-0.1, -0.05) is 23.7 Å². The first kappa shape index (κ1) is 22.6. The SMILES string of the molecule is Cn1cc(C(=O)N2CCC(c3ccc(F)cc3)CC2)c(Nc2ccc3ncsc3c2)c(Cl)c1=O. The van der Waals surface area contributed by atoms with Crippen LogP contribution < -0.4 is 10.9 Å². The van der Waals surface area contributed by atoms with Crippen LogP contribution in [-0.2, 0) is 7.05 Å². The summed E-state index contributed by atoms with van der Waals surface area (Å²) >= 11 is 7.95. The van der Waals surface area contributed by atoms with Crippen LogP contribution >= 0.6 is 22.9 Å². The van der Waals surface area contributed by atoms with Crippen molar-refractivity contribution in [3.05, 3.63) is 86.5 Å². The van der Waals surface area contributed by atoms with Crippen LogP contribution in [0.4, 0.5) is 15.8 Å². The summed E-state index contributed by atoms with van der Waals surface area (Å²) in [7, 11) is 1.58. The summed E-state index contributed by atoms with van der Waals surface area (Å²) in [5.74, 6) is -0.161. The van der Waals surface area contributed by atoms with Crippen molar-refractivity contribution in [1.29, 1.82) is 0 Å². The monoisotopic (exact) mass is 496 g/mol. The molecule has 2 aromatic carbocycles. The van der Waals surface area contributed by atoms with Crippen molar-refractivity contribution < 1.29 is 9.18 Å². The normalized spacial score (nSPS) is 14.5. The second-order valence-corrected chi connectivity index (χ2v) is 9.69. The number of nitrogens with zero attached hydrogens (tertiary/aromatic N) is 3. The van der Waals surface area contributed by atoms with Crippen molar-refractivity contribution in [3.8, 4) is 0 Å². The number of benzene rings is 2.